The molecule has 0 atom stereocenters. The van der Waals surface area contributed by atoms with Gasteiger partial charge in [0, 0.05) is 6.54 Å². The van der Waals surface area contributed by atoms with Crippen LogP contribution in [0.3, 0.4) is 0 Å². The summed E-state index contributed by atoms with van der Waals surface area (Å²) >= 11 is 1.36. The number of thiophene rings is 1. The van der Waals surface area contributed by atoms with Crippen LogP contribution in [-0.2, 0) is 13.0 Å². The molecule has 3 aromatic rings. The molecule has 19 heavy (non-hydrogen) atoms. The van der Waals surface area contributed by atoms with Crippen molar-refractivity contribution in [3.63, 3.8) is 0 Å². The number of aromatic nitrogens is 2. The van der Waals surface area contributed by atoms with Crippen molar-refractivity contribution in [1.82, 2.24) is 9.55 Å². The Labute approximate surface area is 113 Å². The van der Waals surface area contributed by atoms with Crippen LogP contribution in [0.5, 0.6) is 0 Å². The molecule has 0 aliphatic carbocycles. The minimum atomic E-state index is -0.341. The number of benzene rings is 1. The normalized spacial score (nSPS) is 10.9. The van der Waals surface area contributed by atoms with Crippen LogP contribution in [-0.4, -0.2) is 9.55 Å². The van der Waals surface area contributed by atoms with E-state index >= 15 is 0 Å². The molecule has 0 bridgehead atoms. The number of fused-ring (bicyclic) bond motifs is 1. The summed E-state index contributed by atoms with van der Waals surface area (Å²) < 4.78 is 1.87. The summed E-state index contributed by atoms with van der Waals surface area (Å²) in [4.78, 5) is 26.8. The molecule has 3 rings (SSSR count). The van der Waals surface area contributed by atoms with Crippen LogP contribution >= 0.6 is 11.3 Å². The summed E-state index contributed by atoms with van der Waals surface area (Å²) in [5.41, 5.74) is 1.19. The van der Waals surface area contributed by atoms with Gasteiger partial charge in [-0.15, -0.1) is 11.3 Å². The predicted molar refractivity (Wildman–Crippen MR) is 76.9 cm³/mol. The lowest BCUT2D eigenvalue weighted by molar-refractivity contribution is 0.637. The molecule has 0 saturated carbocycles. The lowest BCUT2D eigenvalue weighted by atomic mass is 10.1. The Bertz CT molecular complexity index is 815. The van der Waals surface area contributed by atoms with Crippen LogP contribution < -0.4 is 11.2 Å². The van der Waals surface area contributed by atoms with Gasteiger partial charge in [-0.3, -0.25) is 9.36 Å². The molecule has 0 spiro atoms. The van der Waals surface area contributed by atoms with Gasteiger partial charge in [-0.05, 0) is 23.4 Å². The maximum absolute atomic E-state index is 12.2. The molecule has 0 amide bonds. The van der Waals surface area contributed by atoms with E-state index in [0.717, 1.165) is 5.56 Å². The van der Waals surface area contributed by atoms with E-state index in [9.17, 15) is 9.59 Å². The summed E-state index contributed by atoms with van der Waals surface area (Å²) in [5.74, 6) is 0. The summed E-state index contributed by atoms with van der Waals surface area (Å²) in [5, 5.41) is 1.81. The van der Waals surface area contributed by atoms with E-state index < -0.39 is 0 Å². The van der Waals surface area contributed by atoms with Gasteiger partial charge in [0.1, 0.15) is 4.70 Å². The third-order valence-electron chi connectivity index (χ3n) is 3.06. The fourth-order valence-electron chi connectivity index (χ4n) is 2.06. The Kier molecular flexibility index (Phi) is 3.05. The fourth-order valence-corrected chi connectivity index (χ4v) is 2.86. The van der Waals surface area contributed by atoms with Gasteiger partial charge in [-0.25, -0.2) is 4.79 Å². The zero-order chi connectivity index (χ0) is 13.2. The van der Waals surface area contributed by atoms with Crippen molar-refractivity contribution in [1.29, 1.82) is 0 Å². The first kappa shape index (κ1) is 11.9. The lowest BCUT2D eigenvalue weighted by Crippen LogP contribution is -2.35. The molecule has 0 unspecified atom stereocenters. The molecule has 0 aliphatic rings. The lowest BCUT2D eigenvalue weighted by Gasteiger charge is -2.04. The van der Waals surface area contributed by atoms with E-state index in [1.54, 1.807) is 6.07 Å². The average molecular weight is 272 g/mol. The third-order valence-corrected chi connectivity index (χ3v) is 3.96. The van der Waals surface area contributed by atoms with Gasteiger partial charge in [0.25, 0.3) is 5.56 Å². The van der Waals surface area contributed by atoms with E-state index in [-0.39, 0.29) is 11.2 Å². The van der Waals surface area contributed by atoms with Crippen LogP contribution in [0, 0.1) is 0 Å². The Morgan fingerprint density at radius 1 is 1.11 bits per heavy atom. The summed E-state index contributed by atoms with van der Waals surface area (Å²) in [7, 11) is 0. The highest BCUT2D eigenvalue weighted by Gasteiger charge is 2.08. The van der Waals surface area contributed by atoms with Gasteiger partial charge < -0.3 is 4.98 Å². The Balaban J connectivity index is 1.97. The van der Waals surface area contributed by atoms with E-state index in [2.05, 4.69) is 4.98 Å². The van der Waals surface area contributed by atoms with E-state index in [4.69, 9.17) is 0 Å². The first-order chi connectivity index (χ1) is 9.25. The van der Waals surface area contributed by atoms with Crippen LogP contribution in [0.4, 0.5) is 0 Å². The molecule has 2 heterocycles. The zero-order valence-electron chi connectivity index (χ0n) is 10.1. The molecule has 2 aromatic heterocycles. The summed E-state index contributed by atoms with van der Waals surface area (Å²) in [6, 6.07) is 11.6. The molecule has 96 valence electrons. The number of hydrogen-bond acceptors (Lipinski definition) is 3. The summed E-state index contributed by atoms with van der Waals surface area (Å²) in [6.07, 6.45) is 0.667. The highest BCUT2D eigenvalue weighted by Crippen LogP contribution is 2.12. The Morgan fingerprint density at radius 2 is 1.89 bits per heavy atom. The van der Waals surface area contributed by atoms with Gasteiger partial charge in [-0.2, -0.15) is 0 Å². The van der Waals surface area contributed by atoms with Crippen molar-refractivity contribution in [3.8, 4) is 0 Å². The van der Waals surface area contributed by atoms with Crippen molar-refractivity contribution >= 4 is 21.6 Å². The molecule has 5 heteroatoms. The van der Waals surface area contributed by atoms with Crippen molar-refractivity contribution in [2.45, 2.75) is 13.0 Å². The Hall–Kier alpha value is -2.14. The number of nitrogens with zero attached hydrogens (tertiary/aromatic N) is 1. The molecule has 0 aliphatic heterocycles. The van der Waals surface area contributed by atoms with E-state index in [0.29, 0.717) is 23.2 Å². The fraction of sp³-hybridized carbons (Fsp3) is 0.143. The number of hydrogen-bond donors (Lipinski definition) is 1. The van der Waals surface area contributed by atoms with Crippen LogP contribution in [0.2, 0.25) is 0 Å². The molecular formula is C14H12N2O2S. The maximum atomic E-state index is 12.2. The molecule has 4 nitrogen and oxygen atoms in total. The Morgan fingerprint density at radius 3 is 2.68 bits per heavy atom. The second-order valence-corrected chi connectivity index (χ2v) is 5.20. The standard InChI is InChI=1S/C14H12N2O2S/c17-13-12-11(7-9-19-12)15-14(18)16(13)8-6-10-4-2-1-3-5-10/h1-5,7,9H,6,8H2,(H,15,18). The topological polar surface area (TPSA) is 54.9 Å². The third kappa shape index (κ3) is 2.24. The van der Waals surface area contributed by atoms with E-state index in [1.165, 1.54) is 15.9 Å². The van der Waals surface area contributed by atoms with Crippen LogP contribution in [0.1, 0.15) is 5.56 Å². The second kappa shape index (κ2) is 4.85. The molecule has 0 saturated heterocycles. The van der Waals surface area contributed by atoms with Crippen molar-refractivity contribution in [3.05, 3.63) is 68.2 Å². The van der Waals surface area contributed by atoms with Gasteiger partial charge in [0.2, 0.25) is 0 Å². The van der Waals surface area contributed by atoms with Crippen LogP contribution in [0.25, 0.3) is 10.2 Å². The number of H-pyrrole nitrogens is 1. The van der Waals surface area contributed by atoms with Gasteiger partial charge in [0.15, 0.2) is 0 Å². The van der Waals surface area contributed by atoms with Crippen LogP contribution in [0.15, 0.2) is 51.4 Å². The number of aryl methyl sites for hydroxylation is 1. The summed E-state index contributed by atoms with van der Waals surface area (Å²) in [6.45, 7) is 0.395. The quantitative estimate of drug-likeness (QED) is 0.792. The maximum Gasteiger partial charge on any atom is 0.328 e. The monoisotopic (exact) mass is 272 g/mol. The van der Waals surface area contributed by atoms with Crippen molar-refractivity contribution < 1.29 is 0 Å². The zero-order valence-corrected chi connectivity index (χ0v) is 10.9. The largest absolute Gasteiger partial charge is 0.328 e. The van der Waals surface area contributed by atoms with Gasteiger partial charge >= 0.3 is 5.69 Å². The molecule has 1 aromatic carbocycles. The first-order valence-corrected chi connectivity index (χ1v) is 6.88. The predicted octanol–water partition coefficient (Wildman–Crippen LogP) is 1.99. The minimum absolute atomic E-state index is 0.204. The second-order valence-electron chi connectivity index (χ2n) is 4.29. The molecular weight excluding hydrogens is 260 g/mol. The first-order valence-electron chi connectivity index (χ1n) is 6.00. The molecule has 0 fully saturated rings. The van der Waals surface area contributed by atoms with Crippen molar-refractivity contribution in [2.75, 3.05) is 0 Å². The molecule has 0 radical (unpaired) electrons. The number of nitrogens with one attached hydrogen (secondary N) is 1. The SMILES string of the molecule is O=c1[nH]c2ccsc2c(=O)n1CCc1ccccc1. The molecule has 1 N–H and O–H groups in total. The number of rotatable bonds is 3. The minimum Gasteiger partial charge on any atom is -0.306 e. The number of aromatic amines is 1. The van der Waals surface area contributed by atoms with Gasteiger partial charge in [-0.1, -0.05) is 30.3 Å². The average Bonchev–Trinajstić information content (AvgIpc) is 2.88. The highest BCUT2D eigenvalue weighted by molar-refractivity contribution is 7.17. The highest BCUT2D eigenvalue weighted by atomic mass is 32.1. The van der Waals surface area contributed by atoms with Crippen molar-refractivity contribution in [2.24, 2.45) is 0 Å². The smallest absolute Gasteiger partial charge is 0.306 e. The van der Waals surface area contributed by atoms with Gasteiger partial charge in [0.05, 0.1) is 5.52 Å². The van der Waals surface area contributed by atoms with E-state index in [1.807, 2.05) is 35.7 Å².